The number of nitrogens with zero attached hydrogens (tertiary/aromatic N) is 3. The predicted molar refractivity (Wildman–Crippen MR) is 94.7 cm³/mol. The second-order valence-electron chi connectivity index (χ2n) is 6.75. The van der Waals surface area contributed by atoms with Crippen molar-refractivity contribution in [3.8, 4) is 11.1 Å². The van der Waals surface area contributed by atoms with Crippen LogP contribution >= 0.6 is 0 Å². The van der Waals surface area contributed by atoms with Crippen molar-refractivity contribution in [2.45, 2.75) is 45.4 Å². The van der Waals surface area contributed by atoms with Crippen molar-refractivity contribution in [1.29, 1.82) is 0 Å². The lowest BCUT2D eigenvalue weighted by atomic mass is 9.87. The molecule has 0 saturated heterocycles. The van der Waals surface area contributed by atoms with Crippen LogP contribution in [-0.2, 0) is 7.05 Å². The van der Waals surface area contributed by atoms with E-state index in [1.165, 1.54) is 32.1 Å². The Bertz CT molecular complexity index is 701. The Labute approximate surface area is 143 Å². The zero-order valence-electron chi connectivity index (χ0n) is 14.6. The van der Waals surface area contributed by atoms with E-state index in [1.54, 1.807) is 6.20 Å². The maximum atomic E-state index is 12.4. The van der Waals surface area contributed by atoms with Crippen molar-refractivity contribution < 1.29 is 4.79 Å². The summed E-state index contributed by atoms with van der Waals surface area (Å²) in [5, 5.41) is 7.29. The summed E-state index contributed by atoms with van der Waals surface area (Å²) < 4.78 is 1.83. The van der Waals surface area contributed by atoms with Gasteiger partial charge in [-0.05, 0) is 37.0 Å². The molecule has 1 aliphatic rings. The molecule has 0 bridgehead atoms. The third-order valence-corrected chi connectivity index (χ3v) is 5.10. The van der Waals surface area contributed by atoms with Gasteiger partial charge in [-0.3, -0.25) is 14.5 Å². The molecule has 2 aromatic rings. The van der Waals surface area contributed by atoms with Gasteiger partial charge in [-0.15, -0.1) is 0 Å². The zero-order valence-corrected chi connectivity index (χ0v) is 14.6. The van der Waals surface area contributed by atoms with Crippen LogP contribution in [0.4, 0.5) is 0 Å². The number of carbonyl (C=O) groups is 1. The Kier molecular flexibility index (Phi) is 5.28. The smallest absolute Gasteiger partial charge is 0.269 e. The zero-order chi connectivity index (χ0) is 16.9. The Morgan fingerprint density at radius 3 is 2.83 bits per heavy atom. The van der Waals surface area contributed by atoms with E-state index in [2.05, 4.69) is 15.4 Å². The van der Waals surface area contributed by atoms with Gasteiger partial charge in [-0.2, -0.15) is 5.10 Å². The highest BCUT2D eigenvalue weighted by molar-refractivity contribution is 5.93. The van der Waals surface area contributed by atoms with Crippen molar-refractivity contribution in [3.05, 3.63) is 35.9 Å². The quantitative estimate of drug-likeness (QED) is 0.915. The molecule has 3 rings (SSSR count). The number of hydrogen-bond donors (Lipinski definition) is 1. The number of rotatable bonds is 5. The van der Waals surface area contributed by atoms with E-state index >= 15 is 0 Å². The molecule has 0 aromatic carbocycles. The number of aromatic nitrogens is 3. The summed E-state index contributed by atoms with van der Waals surface area (Å²) in [5.41, 5.74) is 3.56. The van der Waals surface area contributed by atoms with E-state index in [0.717, 1.165) is 35.7 Å². The van der Waals surface area contributed by atoms with E-state index in [4.69, 9.17) is 0 Å². The van der Waals surface area contributed by atoms with Gasteiger partial charge >= 0.3 is 0 Å². The topological polar surface area (TPSA) is 59.8 Å². The summed E-state index contributed by atoms with van der Waals surface area (Å²) in [4.78, 5) is 16.6. The van der Waals surface area contributed by atoms with Crippen molar-refractivity contribution in [3.63, 3.8) is 0 Å². The van der Waals surface area contributed by atoms with Crippen molar-refractivity contribution in [1.82, 2.24) is 20.1 Å². The molecule has 1 N–H and O–H groups in total. The second-order valence-corrected chi connectivity index (χ2v) is 6.75. The minimum atomic E-state index is -0.0887. The van der Waals surface area contributed by atoms with Crippen LogP contribution in [0.15, 0.2) is 24.5 Å². The van der Waals surface area contributed by atoms with Crippen LogP contribution in [0, 0.1) is 12.8 Å². The molecule has 1 aliphatic carbocycles. The standard InChI is InChI=1S/C19H26N4O/c1-14-17(13-22-23(14)2)16-9-11-20-18(12-16)19(24)21-10-8-15-6-4-3-5-7-15/h9,11-13,15H,3-8,10H2,1-2H3,(H,21,24). The third kappa shape index (κ3) is 3.83. The summed E-state index contributed by atoms with van der Waals surface area (Å²) in [5.74, 6) is 0.686. The highest BCUT2D eigenvalue weighted by Crippen LogP contribution is 2.26. The molecule has 0 spiro atoms. The van der Waals surface area contributed by atoms with Crippen LogP contribution in [0.3, 0.4) is 0 Å². The predicted octanol–water partition coefficient (Wildman–Crippen LogP) is 3.49. The summed E-state index contributed by atoms with van der Waals surface area (Å²) in [6, 6.07) is 3.77. The molecule has 24 heavy (non-hydrogen) atoms. The monoisotopic (exact) mass is 326 g/mol. The van der Waals surface area contributed by atoms with E-state index in [9.17, 15) is 4.79 Å². The maximum absolute atomic E-state index is 12.4. The van der Waals surface area contributed by atoms with Crippen LogP contribution in [-0.4, -0.2) is 27.2 Å². The molecule has 0 radical (unpaired) electrons. The molecule has 0 aliphatic heterocycles. The van der Waals surface area contributed by atoms with Crippen LogP contribution in [0.1, 0.15) is 54.7 Å². The van der Waals surface area contributed by atoms with Gasteiger partial charge in [-0.1, -0.05) is 32.1 Å². The van der Waals surface area contributed by atoms with Gasteiger partial charge < -0.3 is 5.32 Å². The fourth-order valence-electron chi connectivity index (χ4n) is 3.46. The number of carbonyl (C=O) groups excluding carboxylic acids is 1. The van der Waals surface area contributed by atoms with Crippen LogP contribution in [0.2, 0.25) is 0 Å². The average molecular weight is 326 g/mol. The normalized spacial score (nSPS) is 15.4. The first-order valence-electron chi connectivity index (χ1n) is 8.88. The highest BCUT2D eigenvalue weighted by Gasteiger charge is 2.15. The number of aryl methyl sites for hydroxylation is 1. The molecule has 2 heterocycles. The first kappa shape index (κ1) is 16.7. The molecule has 0 unspecified atom stereocenters. The number of hydrogen-bond acceptors (Lipinski definition) is 3. The van der Waals surface area contributed by atoms with Crippen LogP contribution in [0.5, 0.6) is 0 Å². The van der Waals surface area contributed by atoms with Gasteiger partial charge in [0.2, 0.25) is 0 Å². The summed E-state index contributed by atoms with van der Waals surface area (Å²) in [6.07, 6.45) is 11.3. The SMILES string of the molecule is Cc1c(-c2ccnc(C(=O)NCCC3CCCCC3)c2)cnn1C. The number of nitrogens with one attached hydrogen (secondary N) is 1. The van der Waals surface area contributed by atoms with Gasteiger partial charge in [0.15, 0.2) is 0 Å². The summed E-state index contributed by atoms with van der Waals surface area (Å²) in [6.45, 7) is 2.76. The van der Waals surface area contributed by atoms with Gasteiger partial charge in [-0.25, -0.2) is 0 Å². The maximum Gasteiger partial charge on any atom is 0.269 e. The fraction of sp³-hybridized carbons (Fsp3) is 0.526. The average Bonchev–Trinajstić information content (AvgIpc) is 2.95. The Balaban J connectivity index is 1.61. The van der Waals surface area contributed by atoms with Gasteiger partial charge in [0, 0.05) is 31.0 Å². The molecule has 1 amide bonds. The Morgan fingerprint density at radius 1 is 1.33 bits per heavy atom. The summed E-state index contributed by atoms with van der Waals surface area (Å²) >= 11 is 0. The van der Waals surface area contributed by atoms with Crippen molar-refractivity contribution >= 4 is 5.91 Å². The molecular formula is C19H26N4O. The van der Waals surface area contributed by atoms with E-state index in [1.807, 2.05) is 37.0 Å². The van der Waals surface area contributed by atoms with Crippen LogP contribution in [0.25, 0.3) is 11.1 Å². The lowest BCUT2D eigenvalue weighted by molar-refractivity contribution is 0.0945. The molecule has 5 nitrogen and oxygen atoms in total. The van der Waals surface area contributed by atoms with Gasteiger partial charge in [0.05, 0.1) is 6.20 Å². The first-order chi connectivity index (χ1) is 11.6. The minimum Gasteiger partial charge on any atom is -0.351 e. The van der Waals surface area contributed by atoms with E-state index < -0.39 is 0 Å². The van der Waals surface area contributed by atoms with E-state index in [0.29, 0.717) is 5.69 Å². The summed E-state index contributed by atoms with van der Waals surface area (Å²) in [7, 11) is 1.92. The fourth-order valence-corrected chi connectivity index (χ4v) is 3.46. The second kappa shape index (κ2) is 7.60. The Hall–Kier alpha value is -2.17. The Morgan fingerprint density at radius 2 is 2.12 bits per heavy atom. The number of amides is 1. The largest absolute Gasteiger partial charge is 0.351 e. The first-order valence-corrected chi connectivity index (χ1v) is 8.88. The molecule has 0 atom stereocenters. The van der Waals surface area contributed by atoms with Crippen molar-refractivity contribution in [2.75, 3.05) is 6.54 Å². The molecule has 128 valence electrons. The van der Waals surface area contributed by atoms with Gasteiger partial charge in [0.25, 0.3) is 5.91 Å². The lowest BCUT2D eigenvalue weighted by Crippen LogP contribution is -2.27. The molecule has 1 fully saturated rings. The van der Waals surface area contributed by atoms with Gasteiger partial charge in [0.1, 0.15) is 5.69 Å². The van der Waals surface area contributed by atoms with Crippen LogP contribution < -0.4 is 5.32 Å². The highest BCUT2D eigenvalue weighted by atomic mass is 16.1. The third-order valence-electron chi connectivity index (χ3n) is 5.10. The molecule has 2 aromatic heterocycles. The number of pyridine rings is 1. The minimum absolute atomic E-state index is 0.0887. The lowest BCUT2D eigenvalue weighted by Gasteiger charge is -2.21. The van der Waals surface area contributed by atoms with Crippen molar-refractivity contribution in [2.24, 2.45) is 13.0 Å². The molecule has 5 heteroatoms. The van der Waals surface area contributed by atoms with E-state index in [-0.39, 0.29) is 5.91 Å². The molecular weight excluding hydrogens is 300 g/mol. The molecule has 1 saturated carbocycles.